The molecule has 1 amide bonds. The minimum Gasteiger partial charge on any atom is -0.352 e. The maximum atomic E-state index is 12.3. The largest absolute Gasteiger partial charge is 0.352 e. The quantitative estimate of drug-likeness (QED) is 0.792. The molecule has 1 heterocycles. The second kappa shape index (κ2) is 6.53. The first-order valence-corrected chi connectivity index (χ1v) is 7.48. The molecule has 0 spiro atoms. The van der Waals surface area contributed by atoms with E-state index in [0.717, 1.165) is 25.8 Å². The summed E-state index contributed by atoms with van der Waals surface area (Å²) in [6, 6.07) is 0.781. The highest BCUT2D eigenvalue weighted by Crippen LogP contribution is 2.21. The molecule has 1 aliphatic carbocycles. The monoisotopic (exact) mass is 253 g/mol. The van der Waals surface area contributed by atoms with Crippen LogP contribution in [0.25, 0.3) is 0 Å². The third kappa shape index (κ3) is 3.23. The number of nitrogens with one attached hydrogen (secondary N) is 1. The first-order valence-electron chi connectivity index (χ1n) is 7.48. The predicted octanol–water partition coefficient (Wildman–Crippen LogP) is 1.25. The maximum absolute atomic E-state index is 12.3. The Bertz CT molecular complexity index is 276. The van der Waals surface area contributed by atoms with E-state index in [1.165, 1.54) is 25.7 Å². The molecule has 1 aliphatic heterocycles. The van der Waals surface area contributed by atoms with Crippen molar-refractivity contribution in [2.75, 3.05) is 13.1 Å². The van der Waals surface area contributed by atoms with Crippen molar-refractivity contribution in [2.24, 2.45) is 5.73 Å². The van der Waals surface area contributed by atoms with E-state index in [0.29, 0.717) is 18.6 Å². The number of hydrogen-bond donors (Lipinski definition) is 2. The second-order valence-electron chi connectivity index (χ2n) is 5.79. The molecule has 2 unspecified atom stereocenters. The second-order valence-corrected chi connectivity index (χ2v) is 5.79. The summed E-state index contributed by atoms with van der Waals surface area (Å²) in [6.45, 7) is 3.71. The molecule has 0 aromatic carbocycles. The van der Waals surface area contributed by atoms with Crippen molar-refractivity contribution < 1.29 is 4.79 Å². The lowest BCUT2D eigenvalue weighted by Crippen LogP contribution is -2.54. The minimum atomic E-state index is -0.0283. The van der Waals surface area contributed by atoms with Crippen molar-refractivity contribution in [3.05, 3.63) is 0 Å². The van der Waals surface area contributed by atoms with Gasteiger partial charge >= 0.3 is 0 Å². The van der Waals surface area contributed by atoms with Gasteiger partial charge in [-0.05, 0) is 39.2 Å². The van der Waals surface area contributed by atoms with Crippen molar-refractivity contribution >= 4 is 5.91 Å². The first kappa shape index (κ1) is 13.8. The van der Waals surface area contributed by atoms with Crippen molar-refractivity contribution in [2.45, 2.75) is 70.0 Å². The molecule has 18 heavy (non-hydrogen) atoms. The first-order chi connectivity index (χ1) is 8.72. The van der Waals surface area contributed by atoms with Gasteiger partial charge in [0.2, 0.25) is 5.91 Å². The van der Waals surface area contributed by atoms with Gasteiger partial charge in [0.1, 0.15) is 0 Å². The molecular weight excluding hydrogens is 226 g/mol. The van der Waals surface area contributed by atoms with Crippen LogP contribution in [0.4, 0.5) is 0 Å². The van der Waals surface area contributed by atoms with Crippen LogP contribution in [0.1, 0.15) is 51.9 Å². The van der Waals surface area contributed by atoms with Gasteiger partial charge < -0.3 is 11.1 Å². The zero-order valence-electron chi connectivity index (χ0n) is 11.5. The van der Waals surface area contributed by atoms with Crippen LogP contribution in [0.2, 0.25) is 0 Å². The number of piperidine rings is 1. The standard InChI is InChI=1S/C14H27N3O/c1-11(14(18)16-12-6-2-3-7-12)17-9-5-4-8-13(17)10-15/h11-13H,2-10,15H2,1H3,(H,16,18). The van der Waals surface area contributed by atoms with Gasteiger partial charge in [-0.1, -0.05) is 19.3 Å². The van der Waals surface area contributed by atoms with E-state index in [9.17, 15) is 4.79 Å². The molecule has 2 rings (SSSR count). The lowest BCUT2D eigenvalue weighted by molar-refractivity contribution is -0.128. The van der Waals surface area contributed by atoms with Crippen molar-refractivity contribution in [3.8, 4) is 0 Å². The van der Waals surface area contributed by atoms with Crippen LogP contribution in [0.3, 0.4) is 0 Å². The van der Waals surface area contributed by atoms with E-state index in [-0.39, 0.29) is 11.9 Å². The Morgan fingerprint density at radius 1 is 1.28 bits per heavy atom. The molecule has 0 aromatic heterocycles. The predicted molar refractivity (Wildman–Crippen MR) is 73.3 cm³/mol. The van der Waals surface area contributed by atoms with Gasteiger partial charge in [0.25, 0.3) is 0 Å². The molecule has 1 saturated heterocycles. The number of nitrogens with zero attached hydrogens (tertiary/aromatic N) is 1. The number of amides is 1. The van der Waals surface area contributed by atoms with Crippen LogP contribution >= 0.6 is 0 Å². The van der Waals surface area contributed by atoms with E-state index in [1.807, 2.05) is 6.92 Å². The number of nitrogens with two attached hydrogens (primary N) is 1. The molecule has 4 nitrogen and oxygen atoms in total. The van der Waals surface area contributed by atoms with Gasteiger partial charge in [-0.2, -0.15) is 0 Å². The maximum Gasteiger partial charge on any atom is 0.237 e. The van der Waals surface area contributed by atoms with Crippen molar-refractivity contribution in [1.29, 1.82) is 0 Å². The van der Waals surface area contributed by atoms with E-state index >= 15 is 0 Å². The number of likely N-dealkylation sites (tertiary alicyclic amines) is 1. The molecule has 1 saturated carbocycles. The van der Waals surface area contributed by atoms with Crippen molar-refractivity contribution in [1.82, 2.24) is 10.2 Å². The molecule has 2 atom stereocenters. The summed E-state index contributed by atoms with van der Waals surface area (Å²) < 4.78 is 0. The van der Waals surface area contributed by atoms with Crippen molar-refractivity contribution in [3.63, 3.8) is 0 Å². The molecule has 3 N–H and O–H groups in total. The molecule has 104 valence electrons. The van der Waals surface area contributed by atoms with E-state index < -0.39 is 0 Å². The van der Waals surface area contributed by atoms with Gasteiger partial charge in [-0.3, -0.25) is 9.69 Å². The Morgan fingerprint density at radius 2 is 1.94 bits per heavy atom. The van der Waals surface area contributed by atoms with Gasteiger partial charge in [0.05, 0.1) is 6.04 Å². The Balaban J connectivity index is 1.87. The number of hydrogen-bond acceptors (Lipinski definition) is 3. The summed E-state index contributed by atoms with van der Waals surface area (Å²) in [6.07, 6.45) is 8.39. The van der Waals surface area contributed by atoms with E-state index in [1.54, 1.807) is 0 Å². The van der Waals surface area contributed by atoms with Crippen LogP contribution in [0, 0.1) is 0 Å². The van der Waals surface area contributed by atoms with Gasteiger partial charge in [-0.25, -0.2) is 0 Å². The molecule has 2 aliphatic rings. The normalized spacial score (nSPS) is 28.2. The fraction of sp³-hybridized carbons (Fsp3) is 0.929. The molecule has 0 radical (unpaired) electrons. The summed E-state index contributed by atoms with van der Waals surface area (Å²) in [5.41, 5.74) is 5.82. The molecule has 0 aromatic rings. The summed E-state index contributed by atoms with van der Waals surface area (Å²) >= 11 is 0. The Labute approximate surface area is 110 Å². The number of carbonyl (C=O) groups excluding carboxylic acids is 1. The number of carbonyl (C=O) groups is 1. The van der Waals surface area contributed by atoms with Crippen LogP contribution in [0.5, 0.6) is 0 Å². The fourth-order valence-electron chi connectivity index (χ4n) is 3.33. The van der Waals surface area contributed by atoms with E-state index in [4.69, 9.17) is 5.73 Å². The topological polar surface area (TPSA) is 58.4 Å². The highest BCUT2D eigenvalue weighted by molar-refractivity contribution is 5.81. The van der Waals surface area contributed by atoms with Gasteiger partial charge in [0, 0.05) is 18.6 Å². The summed E-state index contributed by atoms with van der Waals surface area (Å²) in [5, 5.41) is 3.20. The Kier molecular flexibility index (Phi) is 5.01. The summed E-state index contributed by atoms with van der Waals surface area (Å²) in [4.78, 5) is 14.6. The van der Waals surface area contributed by atoms with E-state index in [2.05, 4.69) is 10.2 Å². The zero-order chi connectivity index (χ0) is 13.0. The molecular formula is C14H27N3O. The average molecular weight is 253 g/mol. The molecule has 4 heteroatoms. The van der Waals surface area contributed by atoms with Gasteiger partial charge in [0.15, 0.2) is 0 Å². The SMILES string of the molecule is CC(C(=O)NC1CCCC1)N1CCCCC1CN. The lowest BCUT2D eigenvalue weighted by Gasteiger charge is -2.38. The third-order valence-electron chi connectivity index (χ3n) is 4.52. The highest BCUT2D eigenvalue weighted by atomic mass is 16.2. The fourth-order valence-corrected chi connectivity index (χ4v) is 3.33. The highest BCUT2D eigenvalue weighted by Gasteiger charge is 2.30. The molecule has 2 fully saturated rings. The average Bonchev–Trinajstić information content (AvgIpc) is 2.90. The Hall–Kier alpha value is -0.610. The summed E-state index contributed by atoms with van der Waals surface area (Å²) in [7, 11) is 0. The smallest absolute Gasteiger partial charge is 0.237 e. The van der Waals surface area contributed by atoms with Crippen LogP contribution in [-0.4, -0.2) is 42.0 Å². The molecule has 0 bridgehead atoms. The van der Waals surface area contributed by atoms with Crippen LogP contribution in [-0.2, 0) is 4.79 Å². The summed E-state index contributed by atoms with van der Waals surface area (Å²) in [5.74, 6) is 0.197. The number of rotatable bonds is 4. The van der Waals surface area contributed by atoms with Crippen LogP contribution < -0.4 is 11.1 Å². The third-order valence-corrected chi connectivity index (χ3v) is 4.52. The lowest BCUT2D eigenvalue weighted by atomic mass is 10.00. The zero-order valence-corrected chi connectivity index (χ0v) is 11.5. The Morgan fingerprint density at radius 3 is 2.61 bits per heavy atom. The van der Waals surface area contributed by atoms with Gasteiger partial charge in [-0.15, -0.1) is 0 Å². The van der Waals surface area contributed by atoms with Crippen LogP contribution in [0.15, 0.2) is 0 Å². The minimum absolute atomic E-state index is 0.0283.